The number of hydrogen-bond acceptors (Lipinski definition) is 2. The van der Waals surface area contributed by atoms with Gasteiger partial charge in [-0.3, -0.25) is 0 Å². The van der Waals surface area contributed by atoms with Gasteiger partial charge in [-0.2, -0.15) is 23.5 Å². The maximum atomic E-state index is 2.31. The van der Waals surface area contributed by atoms with Crippen molar-refractivity contribution in [2.24, 2.45) is 0 Å². The molecule has 0 atom stereocenters. The largest absolute Gasteiger partial charge is 0.159 e. The molecule has 0 aliphatic heterocycles. The summed E-state index contributed by atoms with van der Waals surface area (Å²) in [6, 6.07) is 0. The first-order valence-electron chi connectivity index (χ1n) is 12.1. The van der Waals surface area contributed by atoms with Crippen molar-refractivity contribution in [3.8, 4) is 0 Å². The first-order chi connectivity index (χ1) is 12.9. The minimum Gasteiger partial charge on any atom is -0.159 e. The molecule has 1 rings (SSSR count). The van der Waals surface area contributed by atoms with Gasteiger partial charge in [0.05, 0.1) is 0 Å². The van der Waals surface area contributed by atoms with Crippen molar-refractivity contribution in [2.45, 2.75) is 140 Å². The Labute approximate surface area is 174 Å². The van der Waals surface area contributed by atoms with Gasteiger partial charge >= 0.3 is 0 Å². The molecular weight excluding hydrogens is 352 g/mol. The van der Waals surface area contributed by atoms with Crippen molar-refractivity contribution in [2.75, 3.05) is 11.5 Å². The molecule has 0 bridgehead atoms. The van der Waals surface area contributed by atoms with Crippen LogP contribution in [0.2, 0.25) is 0 Å². The Kier molecular flexibility index (Phi) is 18.1. The van der Waals surface area contributed by atoms with E-state index < -0.39 is 0 Å². The molecule has 0 amide bonds. The summed E-state index contributed by atoms with van der Waals surface area (Å²) in [5.74, 6) is 2.85. The molecule has 0 spiro atoms. The minimum atomic E-state index is 0.991. The summed E-state index contributed by atoms with van der Waals surface area (Å²) in [7, 11) is 0. The van der Waals surface area contributed by atoms with Gasteiger partial charge in [0.15, 0.2) is 0 Å². The molecule has 1 saturated carbocycles. The Bertz CT molecular complexity index is 243. The third-order valence-electron chi connectivity index (χ3n) is 5.82. The fraction of sp³-hybridized carbons (Fsp3) is 1.00. The van der Waals surface area contributed by atoms with E-state index in [0.29, 0.717) is 0 Å². The summed E-state index contributed by atoms with van der Waals surface area (Å²) < 4.78 is 0. The second-order valence-corrected chi connectivity index (χ2v) is 11.2. The summed E-state index contributed by atoms with van der Waals surface area (Å²) in [4.78, 5) is 0. The summed E-state index contributed by atoms with van der Waals surface area (Å²) in [5, 5.41) is 1.98. The van der Waals surface area contributed by atoms with Crippen LogP contribution in [0.1, 0.15) is 129 Å². The van der Waals surface area contributed by atoms with Crippen LogP contribution in [-0.4, -0.2) is 22.0 Å². The van der Waals surface area contributed by atoms with E-state index in [1.165, 1.54) is 127 Å². The summed E-state index contributed by atoms with van der Waals surface area (Å²) in [6.45, 7) is 4.61. The zero-order chi connectivity index (χ0) is 18.7. The van der Waals surface area contributed by atoms with E-state index in [9.17, 15) is 0 Å². The Morgan fingerprint density at radius 1 is 0.462 bits per heavy atom. The Morgan fingerprint density at radius 3 is 1.12 bits per heavy atom. The molecule has 0 heterocycles. The van der Waals surface area contributed by atoms with Crippen LogP contribution in [0, 0.1) is 0 Å². The summed E-state index contributed by atoms with van der Waals surface area (Å²) in [5.41, 5.74) is 0. The average molecular weight is 401 g/mol. The molecule has 0 aromatic carbocycles. The van der Waals surface area contributed by atoms with Crippen LogP contribution in [0.4, 0.5) is 0 Å². The molecule has 0 radical (unpaired) electrons. The van der Waals surface area contributed by atoms with Crippen LogP contribution >= 0.6 is 23.5 Å². The lowest BCUT2D eigenvalue weighted by Crippen LogP contribution is -2.18. The van der Waals surface area contributed by atoms with E-state index in [2.05, 4.69) is 37.4 Å². The van der Waals surface area contributed by atoms with E-state index in [1.807, 2.05) is 0 Å². The number of rotatable bonds is 18. The van der Waals surface area contributed by atoms with Crippen LogP contribution < -0.4 is 0 Å². The van der Waals surface area contributed by atoms with Gasteiger partial charge in [0.1, 0.15) is 0 Å². The predicted molar refractivity (Wildman–Crippen MR) is 127 cm³/mol. The Hall–Kier alpha value is 0.700. The molecule has 26 heavy (non-hydrogen) atoms. The lowest BCUT2D eigenvalue weighted by Gasteiger charge is -2.27. The predicted octanol–water partition coefficient (Wildman–Crippen LogP) is 9.27. The van der Waals surface area contributed by atoms with Crippen LogP contribution in [-0.2, 0) is 0 Å². The van der Waals surface area contributed by atoms with Crippen LogP contribution in [0.15, 0.2) is 0 Å². The topological polar surface area (TPSA) is 0 Å². The van der Waals surface area contributed by atoms with Crippen molar-refractivity contribution in [1.82, 2.24) is 0 Å². The highest BCUT2D eigenvalue weighted by molar-refractivity contribution is 8.00. The van der Waals surface area contributed by atoms with Crippen LogP contribution in [0.5, 0.6) is 0 Å². The summed E-state index contributed by atoms with van der Waals surface area (Å²) >= 11 is 4.60. The van der Waals surface area contributed by atoms with Crippen molar-refractivity contribution in [3.05, 3.63) is 0 Å². The molecule has 1 fully saturated rings. The molecular formula is C24H48S2. The summed E-state index contributed by atoms with van der Waals surface area (Å²) in [6.07, 6.45) is 26.3. The fourth-order valence-corrected chi connectivity index (χ4v) is 6.60. The first kappa shape index (κ1) is 24.7. The van der Waals surface area contributed by atoms with E-state index in [1.54, 1.807) is 0 Å². The maximum absolute atomic E-state index is 2.31. The van der Waals surface area contributed by atoms with Gasteiger partial charge in [-0.15, -0.1) is 0 Å². The van der Waals surface area contributed by atoms with Crippen molar-refractivity contribution < 1.29 is 0 Å². The van der Waals surface area contributed by atoms with Gasteiger partial charge in [0, 0.05) is 10.5 Å². The van der Waals surface area contributed by atoms with Crippen molar-refractivity contribution >= 4 is 23.5 Å². The van der Waals surface area contributed by atoms with E-state index in [4.69, 9.17) is 0 Å². The van der Waals surface area contributed by atoms with Crippen molar-refractivity contribution in [1.29, 1.82) is 0 Å². The normalized spacial score (nSPS) is 20.5. The second-order valence-electron chi connectivity index (χ2n) is 8.38. The third kappa shape index (κ3) is 14.7. The highest BCUT2D eigenvalue weighted by Gasteiger charge is 2.21. The first-order valence-corrected chi connectivity index (χ1v) is 14.2. The van der Waals surface area contributed by atoms with E-state index >= 15 is 0 Å². The van der Waals surface area contributed by atoms with Gasteiger partial charge in [0.2, 0.25) is 0 Å². The van der Waals surface area contributed by atoms with E-state index in [-0.39, 0.29) is 0 Å². The van der Waals surface area contributed by atoms with Gasteiger partial charge in [0.25, 0.3) is 0 Å². The second kappa shape index (κ2) is 19.0. The molecule has 156 valence electrons. The number of unbranched alkanes of at least 4 members (excludes halogenated alkanes) is 12. The molecule has 1 aliphatic carbocycles. The standard InChI is InChI=1S/C24H48S2/c1-3-5-7-9-11-13-15-21-25-23-17-19-24(20-18-23)26-22-16-14-12-10-8-6-4-2/h23-24H,3-22H2,1-2H3. The zero-order valence-electron chi connectivity index (χ0n) is 18.1. The van der Waals surface area contributed by atoms with Gasteiger partial charge in [-0.1, -0.05) is 90.9 Å². The molecule has 0 N–H and O–H groups in total. The maximum Gasteiger partial charge on any atom is 0.00478 e. The molecule has 0 nitrogen and oxygen atoms in total. The number of hydrogen-bond donors (Lipinski definition) is 0. The molecule has 0 aromatic heterocycles. The minimum absolute atomic E-state index is 0.991. The molecule has 0 unspecified atom stereocenters. The van der Waals surface area contributed by atoms with E-state index in [0.717, 1.165) is 10.5 Å². The monoisotopic (exact) mass is 400 g/mol. The van der Waals surface area contributed by atoms with Crippen molar-refractivity contribution in [3.63, 3.8) is 0 Å². The lowest BCUT2D eigenvalue weighted by molar-refractivity contribution is 0.527. The molecule has 0 aromatic rings. The molecule has 0 saturated heterocycles. The van der Waals surface area contributed by atoms with Gasteiger partial charge in [-0.25, -0.2) is 0 Å². The highest BCUT2D eigenvalue weighted by atomic mass is 32.2. The highest BCUT2D eigenvalue weighted by Crippen LogP contribution is 2.35. The zero-order valence-corrected chi connectivity index (χ0v) is 19.7. The third-order valence-corrected chi connectivity index (χ3v) is 8.76. The average Bonchev–Trinajstić information content (AvgIpc) is 2.67. The van der Waals surface area contributed by atoms with Crippen LogP contribution in [0.3, 0.4) is 0 Å². The fourth-order valence-electron chi connectivity index (χ4n) is 3.98. The van der Waals surface area contributed by atoms with Crippen LogP contribution in [0.25, 0.3) is 0 Å². The quantitative estimate of drug-likeness (QED) is 0.210. The lowest BCUT2D eigenvalue weighted by atomic mass is 10.00. The Morgan fingerprint density at radius 2 is 0.769 bits per heavy atom. The SMILES string of the molecule is CCCCCCCCCSC1CCC(SCCCCCCCCC)CC1. The number of thioether (sulfide) groups is 2. The van der Waals surface area contributed by atoms with Gasteiger partial charge in [-0.05, 0) is 50.0 Å². The smallest absolute Gasteiger partial charge is 0.00478 e. The molecule has 1 aliphatic rings. The van der Waals surface area contributed by atoms with Gasteiger partial charge < -0.3 is 0 Å². The molecule has 2 heteroatoms. The Balaban J connectivity index is 1.83.